The van der Waals surface area contributed by atoms with Crippen LogP contribution in [0.25, 0.3) is 0 Å². The number of sulfonamides is 1. The van der Waals surface area contributed by atoms with E-state index in [0.29, 0.717) is 5.69 Å². The Hall–Kier alpha value is -3.80. The minimum Gasteiger partial charge on any atom is -0.480 e. The van der Waals surface area contributed by atoms with Crippen LogP contribution in [-0.4, -0.2) is 113 Å². The fourth-order valence-corrected chi connectivity index (χ4v) is 7.17. The van der Waals surface area contributed by atoms with Gasteiger partial charge in [0.2, 0.25) is 21.8 Å². The van der Waals surface area contributed by atoms with Crippen LogP contribution in [0.3, 0.4) is 0 Å². The van der Waals surface area contributed by atoms with Gasteiger partial charge >= 0.3 is 11.9 Å². The molecule has 2 aromatic heterocycles. The summed E-state index contributed by atoms with van der Waals surface area (Å²) in [6, 6.07) is 2.25. The third-order valence-electron chi connectivity index (χ3n) is 6.86. The number of ether oxygens (including phenoxy) is 1. The molecule has 4 heterocycles. The summed E-state index contributed by atoms with van der Waals surface area (Å²) >= 11 is 0.995. The van der Waals surface area contributed by atoms with Crippen LogP contribution >= 0.6 is 11.3 Å². The van der Waals surface area contributed by atoms with Crippen LogP contribution in [-0.2, 0) is 41.0 Å². The molecular formula is C24H29N5O10S2. The number of carboxylic acid groups (broad SMARTS) is 2. The van der Waals surface area contributed by atoms with E-state index in [1.807, 2.05) is 0 Å². The Labute approximate surface area is 238 Å². The summed E-state index contributed by atoms with van der Waals surface area (Å²) in [5.41, 5.74) is 0.367. The minimum absolute atomic E-state index is 0.0208. The van der Waals surface area contributed by atoms with Gasteiger partial charge in [-0.2, -0.15) is 0 Å². The van der Waals surface area contributed by atoms with Gasteiger partial charge < -0.3 is 34.6 Å². The van der Waals surface area contributed by atoms with E-state index in [-0.39, 0.29) is 30.1 Å². The SMILES string of the molecule is Cn1cccc1C(=O)NC1CC(C(=O)O)N(C(=O)COCC(=O)N2CC(NS(=O)(=O)c3cccs3)CC2C(=O)O)C1. The van der Waals surface area contributed by atoms with E-state index in [2.05, 4.69) is 10.0 Å². The summed E-state index contributed by atoms with van der Waals surface area (Å²) in [6.07, 6.45) is 1.50. The zero-order chi connectivity index (χ0) is 29.9. The maximum Gasteiger partial charge on any atom is 0.326 e. The van der Waals surface area contributed by atoms with Crippen LogP contribution < -0.4 is 10.0 Å². The van der Waals surface area contributed by atoms with Crippen molar-refractivity contribution < 1.29 is 47.3 Å². The van der Waals surface area contributed by atoms with Crippen molar-refractivity contribution in [3.05, 3.63) is 41.5 Å². The number of hydrogen-bond donors (Lipinski definition) is 4. The number of carbonyl (C=O) groups is 5. The van der Waals surface area contributed by atoms with Crippen LogP contribution in [0.15, 0.2) is 40.1 Å². The van der Waals surface area contributed by atoms with Gasteiger partial charge in [0.1, 0.15) is 35.2 Å². The van der Waals surface area contributed by atoms with Crippen molar-refractivity contribution in [2.24, 2.45) is 7.05 Å². The molecule has 2 fully saturated rings. The number of carboxylic acids is 2. The molecule has 4 atom stereocenters. The lowest BCUT2D eigenvalue weighted by Crippen LogP contribution is -2.45. The summed E-state index contributed by atoms with van der Waals surface area (Å²) < 4.78 is 34.3. The van der Waals surface area contributed by atoms with Gasteiger partial charge in [-0.3, -0.25) is 14.4 Å². The molecule has 0 aliphatic carbocycles. The number of nitrogens with one attached hydrogen (secondary N) is 2. The Balaban J connectivity index is 1.30. The molecule has 17 heteroatoms. The highest BCUT2D eigenvalue weighted by Gasteiger charge is 2.42. The fourth-order valence-electron chi connectivity index (χ4n) is 4.92. The zero-order valence-corrected chi connectivity index (χ0v) is 23.5. The third-order valence-corrected chi connectivity index (χ3v) is 9.78. The second-order valence-electron chi connectivity index (χ2n) is 9.69. The monoisotopic (exact) mass is 611 g/mol. The molecule has 41 heavy (non-hydrogen) atoms. The van der Waals surface area contributed by atoms with Gasteiger partial charge in [-0.25, -0.2) is 22.7 Å². The second-order valence-corrected chi connectivity index (χ2v) is 12.6. The molecular weight excluding hydrogens is 582 g/mol. The van der Waals surface area contributed by atoms with Crippen LogP contribution in [0, 0.1) is 0 Å². The lowest BCUT2D eigenvalue weighted by molar-refractivity contribution is -0.153. The lowest BCUT2D eigenvalue weighted by atomic mass is 10.1. The minimum atomic E-state index is -3.89. The first-order valence-corrected chi connectivity index (χ1v) is 14.8. The quantitative estimate of drug-likeness (QED) is 0.242. The van der Waals surface area contributed by atoms with Gasteiger partial charge in [0.05, 0.1) is 0 Å². The number of thiophene rings is 1. The Morgan fingerprint density at radius 2 is 1.54 bits per heavy atom. The Morgan fingerprint density at radius 3 is 2.05 bits per heavy atom. The molecule has 4 rings (SSSR count). The standard InChI is InChI=1S/C24H29N5O10S2/c1-27-6-2-4-16(27)22(32)25-14-8-17(23(33)34)28(10-14)19(30)12-39-13-20(31)29-11-15(9-18(29)24(35)36)26-41(37,38)21-5-3-7-40-21/h2-7,14-15,17-18,26H,8-13H2,1H3,(H,25,32)(H,33,34)(H,35,36). The van der Waals surface area contributed by atoms with E-state index in [1.165, 1.54) is 6.07 Å². The number of amides is 3. The average Bonchev–Trinajstić information content (AvgIpc) is 3.69. The van der Waals surface area contributed by atoms with Gasteiger partial charge in [0.15, 0.2) is 0 Å². The molecule has 2 aliphatic rings. The highest BCUT2D eigenvalue weighted by molar-refractivity contribution is 7.91. The Bertz CT molecular complexity index is 1420. The molecule has 0 bridgehead atoms. The molecule has 0 radical (unpaired) electrons. The largest absolute Gasteiger partial charge is 0.480 e. The maximum absolute atomic E-state index is 12.8. The average molecular weight is 612 g/mol. The van der Waals surface area contributed by atoms with Gasteiger partial charge in [0.25, 0.3) is 5.91 Å². The molecule has 4 unspecified atom stereocenters. The first-order chi connectivity index (χ1) is 19.4. The first-order valence-electron chi connectivity index (χ1n) is 12.5. The van der Waals surface area contributed by atoms with Crippen molar-refractivity contribution >= 4 is 51.0 Å². The normalized spacial score (nSPS) is 22.6. The molecule has 2 aliphatic heterocycles. The zero-order valence-electron chi connectivity index (χ0n) is 21.8. The number of nitrogens with zero attached hydrogens (tertiary/aromatic N) is 3. The topological polar surface area (TPSA) is 205 Å². The van der Waals surface area contributed by atoms with E-state index in [0.717, 1.165) is 21.1 Å². The van der Waals surface area contributed by atoms with E-state index in [1.54, 1.807) is 41.4 Å². The molecule has 2 saturated heterocycles. The van der Waals surface area contributed by atoms with Crippen molar-refractivity contribution in [2.75, 3.05) is 26.3 Å². The van der Waals surface area contributed by atoms with E-state index < -0.39 is 77.1 Å². The van der Waals surface area contributed by atoms with Crippen LogP contribution in [0.1, 0.15) is 23.3 Å². The van der Waals surface area contributed by atoms with Crippen LogP contribution in [0.2, 0.25) is 0 Å². The lowest BCUT2D eigenvalue weighted by Gasteiger charge is -2.23. The number of rotatable bonds is 11. The summed E-state index contributed by atoms with van der Waals surface area (Å²) in [6.45, 7) is -1.64. The summed E-state index contributed by atoms with van der Waals surface area (Å²) in [5.74, 6) is -4.50. The molecule has 4 N–H and O–H groups in total. The van der Waals surface area contributed by atoms with Crippen molar-refractivity contribution in [1.82, 2.24) is 24.4 Å². The van der Waals surface area contributed by atoms with E-state index in [9.17, 15) is 42.6 Å². The number of hydrogen-bond acceptors (Lipinski definition) is 9. The molecule has 3 amide bonds. The summed E-state index contributed by atoms with van der Waals surface area (Å²) in [7, 11) is -2.21. The molecule has 0 aromatic carbocycles. The highest BCUT2D eigenvalue weighted by Crippen LogP contribution is 2.23. The Kier molecular flexibility index (Phi) is 9.11. The molecule has 0 saturated carbocycles. The Morgan fingerprint density at radius 1 is 0.951 bits per heavy atom. The smallest absolute Gasteiger partial charge is 0.326 e. The van der Waals surface area contributed by atoms with Gasteiger partial charge in [-0.1, -0.05) is 6.07 Å². The van der Waals surface area contributed by atoms with E-state index >= 15 is 0 Å². The van der Waals surface area contributed by atoms with E-state index in [4.69, 9.17) is 4.74 Å². The van der Waals surface area contributed by atoms with Gasteiger partial charge in [-0.05, 0) is 30.0 Å². The number of likely N-dealkylation sites (tertiary alicyclic amines) is 2. The molecule has 15 nitrogen and oxygen atoms in total. The summed E-state index contributed by atoms with van der Waals surface area (Å²) in [4.78, 5) is 63.6. The van der Waals surface area contributed by atoms with Crippen molar-refractivity contribution in [3.8, 4) is 0 Å². The van der Waals surface area contributed by atoms with Crippen LogP contribution in [0.4, 0.5) is 0 Å². The number of aromatic nitrogens is 1. The van der Waals surface area contributed by atoms with Crippen LogP contribution in [0.5, 0.6) is 0 Å². The molecule has 222 valence electrons. The fraction of sp³-hybridized carbons (Fsp3) is 0.458. The summed E-state index contributed by atoms with van der Waals surface area (Å²) in [5, 5.41) is 23.5. The number of carbonyl (C=O) groups excluding carboxylic acids is 3. The third kappa shape index (κ3) is 6.92. The predicted molar refractivity (Wildman–Crippen MR) is 141 cm³/mol. The second kappa shape index (κ2) is 12.4. The van der Waals surface area contributed by atoms with Crippen molar-refractivity contribution in [1.29, 1.82) is 0 Å². The van der Waals surface area contributed by atoms with Gasteiger partial charge in [-0.15, -0.1) is 11.3 Å². The first kappa shape index (κ1) is 30.2. The number of aliphatic carboxylic acids is 2. The number of aryl methyl sites for hydroxylation is 1. The highest BCUT2D eigenvalue weighted by atomic mass is 32.2. The molecule has 0 spiro atoms. The van der Waals surface area contributed by atoms with Gasteiger partial charge in [0, 0.05) is 44.8 Å². The molecule has 2 aromatic rings. The maximum atomic E-state index is 12.8. The predicted octanol–water partition coefficient (Wildman–Crippen LogP) is -1.08. The van der Waals surface area contributed by atoms with Crippen molar-refractivity contribution in [2.45, 2.75) is 41.2 Å². The van der Waals surface area contributed by atoms with Crippen molar-refractivity contribution in [3.63, 3.8) is 0 Å².